The third kappa shape index (κ3) is 3.41. The monoisotopic (exact) mass is 246 g/mol. The molecule has 1 fully saturated rings. The topological polar surface area (TPSA) is 25.4 Å². The summed E-state index contributed by atoms with van der Waals surface area (Å²) in [6.07, 6.45) is 3.30. The summed E-state index contributed by atoms with van der Waals surface area (Å²) in [4.78, 5) is 7.69. The lowest BCUT2D eigenvalue weighted by Gasteiger charge is -2.20. The van der Waals surface area contributed by atoms with Gasteiger partial charge in [0.25, 0.3) is 0 Å². The van der Waals surface area contributed by atoms with Crippen molar-refractivity contribution >= 4 is 22.9 Å². The molecule has 1 saturated heterocycles. The van der Waals surface area contributed by atoms with Crippen molar-refractivity contribution in [2.45, 2.75) is 26.0 Å². The number of aromatic nitrogens is 1. The normalized spacial score (nSPS) is 24.0. The molecule has 3 nitrogen and oxygen atoms in total. The van der Waals surface area contributed by atoms with E-state index in [1.54, 1.807) is 11.3 Å². The maximum Gasteiger partial charge on any atom is 0.183 e. The molecule has 0 radical (unpaired) electrons. The Hall–Kier alpha value is -0.160. The van der Waals surface area contributed by atoms with Crippen molar-refractivity contribution < 1.29 is 4.74 Å². The smallest absolute Gasteiger partial charge is 0.183 e. The zero-order valence-electron chi connectivity index (χ0n) is 8.78. The van der Waals surface area contributed by atoms with Gasteiger partial charge in [-0.1, -0.05) is 11.6 Å². The first kappa shape index (κ1) is 11.3. The third-order valence-electron chi connectivity index (χ3n) is 2.44. The fourth-order valence-corrected chi connectivity index (χ4v) is 2.82. The molecule has 0 N–H and O–H groups in total. The summed E-state index contributed by atoms with van der Waals surface area (Å²) in [5.41, 5.74) is 0. The van der Waals surface area contributed by atoms with E-state index in [0.717, 1.165) is 32.7 Å². The molecule has 2 rings (SSSR count). The Kier molecular flexibility index (Phi) is 3.97. The summed E-state index contributed by atoms with van der Waals surface area (Å²) in [7, 11) is 0. The highest BCUT2D eigenvalue weighted by atomic mass is 35.5. The second-order valence-corrected chi connectivity index (χ2v) is 5.55. The predicted molar refractivity (Wildman–Crippen MR) is 62.4 cm³/mol. The number of nitrogens with zero attached hydrogens (tertiary/aromatic N) is 2. The van der Waals surface area contributed by atoms with Crippen molar-refractivity contribution in [3.05, 3.63) is 15.5 Å². The second-order valence-electron chi connectivity index (χ2n) is 3.85. The summed E-state index contributed by atoms with van der Waals surface area (Å²) >= 11 is 7.36. The Morgan fingerprint density at radius 1 is 1.73 bits per heavy atom. The summed E-state index contributed by atoms with van der Waals surface area (Å²) in [5.74, 6) is 0. The van der Waals surface area contributed by atoms with E-state index in [4.69, 9.17) is 16.3 Å². The van der Waals surface area contributed by atoms with Crippen LogP contribution in [0.25, 0.3) is 0 Å². The number of thiazole rings is 1. The van der Waals surface area contributed by atoms with Gasteiger partial charge in [-0.2, -0.15) is 0 Å². The highest BCUT2D eigenvalue weighted by molar-refractivity contribution is 7.15. The Morgan fingerprint density at radius 2 is 2.60 bits per heavy atom. The molecule has 1 aliphatic rings. The van der Waals surface area contributed by atoms with E-state index in [2.05, 4.69) is 16.8 Å². The summed E-state index contributed by atoms with van der Waals surface area (Å²) in [6.45, 7) is 6.03. The van der Waals surface area contributed by atoms with E-state index in [9.17, 15) is 0 Å². The van der Waals surface area contributed by atoms with Crippen LogP contribution < -0.4 is 0 Å². The molecule has 1 unspecified atom stereocenters. The fourth-order valence-electron chi connectivity index (χ4n) is 1.80. The van der Waals surface area contributed by atoms with Gasteiger partial charge in [0.05, 0.1) is 6.10 Å². The van der Waals surface area contributed by atoms with E-state index >= 15 is 0 Å². The molecule has 1 aromatic rings. The van der Waals surface area contributed by atoms with Crippen LogP contribution in [0.15, 0.2) is 6.20 Å². The van der Waals surface area contributed by atoms with Gasteiger partial charge in [-0.15, -0.1) is 11.3 Å². The Balaban J connectivity index is 1.92. The summed E-state index contributed by atoms with van der Waals surface area (Å²) in [6, 6.07) is 0. The van der Waals surface area contributed by atoms with Crippen LogP contribution >= 0.6 is 22.9 Å². The number of rotatable bonds is 2. The highest BCUT2D eigenvalue weighted by Gasteiger charge is 2.15. The van der Waals surface area contributed by atoms with Gasteiger partial charge >= 0.3 is 0 Å². The van der Waals surface area contributed by atoms with Crippen molar-refractivity contribution in [1.29, 1.82) is 0 Å². The van der Waals surface area contributed by atoms with E-state index < -0.39 is 0 Å². The predicted octanol–water partition coefficient (Wildman–Crippen LogP) is 2.41. The Labute approximate surface area is 99.0 Å². The standard InChI is InChI=1S/C10H15ClN2OS/c1-8-6-13(3-2-4-14-8)7-9-5-12-10(11)15-9/h5,8H,2-4,6-7H2,1H3. The largest absolute Gasteiger partial charge is 0.377 e. The number of hydrogen-bond donors (Lipinski definition) is 0. The molecule has 1 aromatic heterocycles. The lowest BCUT2D eigenvalue weighted by molar-refractivity contribution is 0.0669. The average molecular weight is 247 g/mol. The molecule has 0 bridgehead atoms. The molecule has 1 aliphatic heterocycles. The number of hydrogen-bond acceptors (Lipinski definition) is 4. The van der Waals surface area contributed by atoms with Crippen molar-refractivity contribution in [2.24, 2.45) is 0 Å². The van der Waals surface area contributed by atoms with Crippen LogP contribution in [0.3, 0.4) is 0 Å². The molecule has 0 aliphatic carbocycles. The second kappa shape index (κ2) is 5.25. The minimum atomic E-state index is 0.330. The molecule has 0 aromatic carbocycles. The van der Waals surface area contributed by atoms with Crippen molar-refractivity contribution in [1.82, 2.24) is 9.88 Å². The first-order valence-corrected chi connectivity index (χ1v) is 6.37. The van der Waals surface area contributed by atoms with Crippen LogP contribution in [-0.4, -0.2) is 35.7 Å². The fraction of sp³-hybridized carbons (Fsp3) is 0.700. The molecule has 2 heterocycles. The molecule has 0 amide bonds. The van der Waals surface area contributed by atoms with Gasteiger partial charge in [-0.05, 0) is 13.3 Å². The number of halogens is 1. The van der Waals surface area contributed by atoms with Crippen LogP contribution in [-0.2, 0) is 11.3 Å². The first-order chi connectivity index (χ1) is 7.24. The molecule has 1 atom stereocenters. The zero-order valence-corrected chi connectivity index (χ0v) is 10.4. The van der Waals surface area contributed by atoms with Gasteiger partial charge < -0.3 is 4.74 Å². The van der Waals surface area contributed by atoms with Gasteiger partial charge in [0.15, 0.2) is 4.47 Å². The van der Waals surface area contributed by atoms with E-state index in [1.165, 1.54) is 4.88 Å². The summed E-state index contributed by atoms with van der Waals surface area (Å²) < 4.78 is 6.22. The molecule has 5 heteroatoms. The molecular formula is C10H15ClN2OS. The van der Waals surface area contributed by atoms with Crippen molar-refractivity contribution in [3.63, 3.8) is 0 Å². The van der Waals surface area contributed by atoms with Crippen LogP contribution in [0.5, 0.6) is 0 Å². The Bertz CT molecular complexity index is 318. The lowest BCUT2D eigenvalue weighted by atomic mass is 10.3. The molecule has 0 spiro atoms. The van der Waals surface area contributed by atoms with Crippen LogP contribution in [0, 0.1) is 0 Å². The number of ether oxygens (including phenoxy) is 1. The van der Waals surface area contributed by atoms with E-state index in [-0.39, 0.29) is 0 Å². The SMILES string of the molecule is CC1CN(Cc2cnc(Cl)s2)CCCO1. The van der Waals surface area contributed by atoms with Crippen molar-refractivity contribution in [3.8, 4) is 0 Å². The average Bonchev–Trinajstić information content (AvgIpc) is 2.46. The molecule has 15 heavy (non-hydrogen) atoms. The van der Waals surface area contributed by atoms with Gasteiger partial charge in [0.1, 0.15) is 0 Å². The quantitative estimate of drug-likeness (QED) is 0.802. The van der Waals surface area contributed by atoms with Gasteiger partial charge in [-0.25, -0.2) is 4.98 Å². The maximum atomic E-state index is 5.80. The van der Waals surface area contributed by atoms with Gasteiger partial charge in [0.2, 0.25) is 0 Å². The molecular weight excluding hydrogens is 232 g/mol. The Morgan fingerprint density at radius 3 is 3.33 bits per heavy atom. The molecule has 84 valence electrons. The van der Waals surface area contributed by atoms with E-state index in [0.29, 0.717) is 10.6 Å². The minimum Gasteiger partial charge on any atom is -0.377 e. The first-order valence-electron chi connectivity index (χ1n) is 5.18. The van der Waals surface area contributed by atoms with E-state index in [1.807, 2.05) is 6.20 Å². The third-order valence-corrected chi connectivity index (χ3v) is 3.54. The zero-order chi connectivity index (χ0) is 10.7. The van der Waals surface area contributed by atoms with Gasteiger partial charge in [-0.3, -0.25) is 4.90 Å². The summed E-state index contributed by atoms with van der Waals surface area (Å²) in [5, 5.41) is 0. The van der Waals surface area contributed by atoms with Gasteiger partial charge in [0, 0.05) is 37.3 Å². The minimum absolute atomic E-state index is 0.330. The maximum absolute atomic E-state index is 5.80. The molecule has 0 saturated carbocycles. The van der Waals surface area contributed by atoms with Crippen LogP contribution in [0.1, 0.15) is 18.2 Å². The van der Waals surface area contributed by atoms with Crippen LogP contribution in [0.4, 0.5) is 0 Å². The van der Waals surface area contributed by atoms with Crippen molar-refractivity contribution in [2.75, 3.05) is 19.7 Å². The highest BCUT2D eigenvalue weighted by Crippen LogP contribution is 2.20. The van der Waals surface area contributed by atoms with Crippen LogP contribution in [0.2, 0.25) is 4.47 Å². The lowest BCUT2D eigenvalue weighted by Crippen LogP contribution is -2.29.